The number of rotatable bonds is 4. The number of aromatic carboxylic acids is 1. The molecule has 0 radical (unpaired) electrons. The fourth-order valence-electron chi connectivity index (χ4n) is 1.60. The standard InChI is InChI=1S/C13H13N3O2/c1-16(9-10-5-7-14-8-6-10)12-4-2-3-11(15-12)13(17)18/h2-8H,9H2,1H3,(H,17,18). The summed E-state index contributed by atoms with van der Waals surface area (Å²) in [7, 11) is 1.87. The maximum absolute atomic E-state index is 10.8. The van der Waals surface area contributed by atoms with Crippen molar-refractivity contribution >= 4 is 11.8 Å². The highest BCUT2D eigenvalue weighted by Gasteiger charge is 2.08. The monoisotopic (exact) mass is 243 g/mol. The second-order valence-electron chi connectivity index (χ2n) is 3.90. The predicted molar refractivity (Wildman–Crippen MR) is 67.5 cm³/mol. The molecule has 1 N–H and O–H groups in total. The van der Waals surface area contributed by atoms with Crippen LogP contribution < -0.4 is 4.90 Å². The normalized spacial score (nSPS) is 10.1. The summed E-state index contributed by atoms with van der Waals surface area (Å²) >= 11 is 0. The van der Waals surface area contributed by atoms with Crippen molar-refractivity contribution in [1.29, 1.82) is 0 Å². The van der Waals surface area contributed by atoms with E-state index < -0.39 is 5.97 Å². The van der Waals surface area contributed by atoms with Crippen LogP contribution in [0.25, 0.3) is 0 Å². The smallest absolute Gasteiger partial charge is 0.354 e. The molecule has 0 amide bonds. The van der Waals surface area contributed by atoms with Gasteiger partial charge >= 0.3 is 5.97 Å². The lowest BCUT2D eigenvalue weighted by molar-refractivity contribution is 0.0690. The highest BCUT2D eigenvalue weighted by Crippen LogP contribution is 2.12. The predicted octanol–water partition coefficient (Wildman–Crippen LogP) is 1.81. The zero-order valence-electron chi connectivity index (χ0n) is 9.95. The van der Waals surface area contributed by atoms with E-state index in [0.717, 1.165) is 5.56 Å². The topological polar surface area (TPSA) is 66.3 Å². The molecule has 2 rings (SSSR count). The van der Waals surface area contributed by atoms with Gasteiger partial charge in [-0.3, -0.25) is 4.98 Å². The number of aromatic nitrogens is 2. The highest BCUT2D eigenvalue weighted by molar-refractivity contribution is 5.85. The molecule has 5 nitrogen and oxygen atoms in total. The number of nitrogens with zero attached hydrogens (tertiary/aromatic N) is 3. The van der Waals surface area contributed by atoms with Crippen molar-refractivity contribution in [3.63, 3.8) is 0 Å². The fraction of sp³-hybridized carbons (Fsp3) is 0.154. The third-order valence-corrected chi connectivity index (χ3v) is 2.51. The molecule has 0 unspecified atom stereocenters. The Morgan fingerprint density at radius 1 is 1.28 bits per heavy atom. The molecule has 0 bridgehead atoms. The van der Waals surface area contributed by atoms with Crippen molar-refractivity contribution in [2.24, 2.45) is 0 Å². The molecule has 0 aliphatic heterocycles. The molecule has 0 spiro atoms. The molecular weight excluding hydrogens is 230 g/mol. The van der Waals surface area contributed by atoms with Crippen LogP contribution in [0.4, 0.5) is 5.82 Å². The van der Waals surface area contributed by atoms with Gasteiger partial charge in [-0.25, -0.2) is 9.78 Å². The Morgan fingerprint density at radius 3 is 2.67 bits per heavy atom. The van der Waals surface area contributed by atoms with E-state index in [4.69, 9.17) is 5.11 Å². The van der Waals surface area contributed by atoms with E-state index in [1.165, 1.54) is 6.07 Å². The van der Waals surface area contributed by atoms with Crippen molar-refractivity contribution in [3.05, 3.63) is 54.0 Å². The number of carboxylic acid groups (broad SMARTS) is 1. The summed E-state index contributed by atoms with van der Waals surface area (Å²) in [6, 6.07) is 8.78. The van der Waals surface area contributed by atoms with Gasteiger partial charge in [0.1, 0.15) is 5.82 Å². The molecule has 0 aliphatic carbocycles. The molecule has 0 atom stereocenters. The largest absolute Gasteiger partial charge is 0.477 e. The lowest BCUT2D eigenvalue weighted by Gasteiger charge is -2.18. The van der Waals surface area contributed by atoms with E-state index in [9.17, 15) is 4.79 Å². The summed E-state index contributed by atoms with van der Waals surface area (Å²) in [5, 5.41) is 8.89. The van der Waals surface area contributed by atoms with Gasteiger partial charge in [0.15, 0.2) is 5.69 Å². The Kier molecular flexibility index (Phi) is 3.52. The van der Waals surface area contributed by atoms with Crippen LogP contribution in [0.5, 0.6) is 0 Å². The van der Waals surface area contributed by atoms with Gasteiger partial charge in [0.05, 0.1) is 0 Å². The SMILES string of the molecule is CN(Cc1ccncc1)c1cccc(C(=O)O)n1. The number of pyridine rings is 2. The van der Waals surface area contributed by atoms with Gasteiger partial charge in [0, 0.05) is 26.0 Å². The van der Waals surface area contributed by atoms with E-state index in [2.05, 4.69) is 9.97 Å². The minimum absolute atomic E-state index is 0.0501. The van der Waals surface area contributed by atoms with E-state index in [0.29, 0.717) is 12.4 Å². The maximum atomic E-state index is 10.8. The first-order chi connectivity index (χ1) is 8.66. The number of carboxylic acids is 1. The minimum atomic E-state index is -1.02. The van der Waals surface area contributed by atoms with E-state index >= 15 is 0 Å². The number of hydrogen-bond acceptors (Lipinski definition) is 4. The second kappa shape index (κ2) is 5.27. The molecule has 18 heavy (non-hydrogen) atoms. The quantitative estimate of drug-likeness (QED) is 0.887. The summed E-state index contributed by atoms with van der Waals surface area (Å²) in [5.41, 5.74) is 1.14. The van der Waals surface area contributed by atoms with Crippen LogP contribution in [0.3, 0.4) is 0 Å². The lowest BCUT2D eigenvalue weighted by Crippen LogP contribution is -2.18. The average molecular weight is 243 g/mol. The van der Waals surface area contributed by atoms with Gasteiger partial charge < -0.3 is 10.0 Å². The molecule has 0 fully saturated rings. The third kappa shape index (κ3) is 2.82. The van der Waals surface area contributed by atoms with Crippen LogP contribution in [0.15, 0.2) is 42.7 Å². The summed E-state index contributed by atoms with van der Waals surface area (Å²) in [6.07, 6.45) is 3.45. The molecule has 0 aliphatic rings. The summed E-state index contributed by atoms with van der Waals surface area (Å²) in [4.78, 5) is 20.8. The van der Waals surface area contributed by atoms with Crippen molar-refractivity contribution in [3.8, 4) is 0 Å². The van der Waals surface area contributed by atoms with Crippen molar-refractivity contribution in [1.82, 2.24) is 9.97 Å². The van der Waals surface area contributed by atoms with E-state index in [1.807, 2.05) is 24.1 Å². The Morgan fingerprint density at radius 2 is 2.00 bits per heavy atom. The third-order valence-electron chi connectivity index (χ3n) is 2.51. The number of anilines is 1. The fourth-order valence-corrected chi connectivity index (χ4v) is 1.60. The summed E-state index contributed by atoms with van der Waals surface area (Å²) in [6.45, 7) is 0.651. The van der Waals surface area contributed by atoms with Gasteiger partial charge in [-0.15, -0.1) is 0 Å². The maximum Gasteiger partial charge on any atom is 0.354 e. The van der Waals surface area contributed by atoms with E-state index in [1.54, 1.807) is 24.5 Å². The number of carbonyl (C=O) groups is 1. The summed E-state index contributed by atoms with van der Waals surface area (Å²) < 4.78 is 0. The van der Waals surface area contributed by atoms with Crippen molar-refractivity contribution < 1.29 is 9.90 Å². The molecule has 0 aromatic carbocycles. The van der Waals surface area contributed by atoms with Crippen LogP contribution >= 0.6 is 0 Å². The Hall–Kier alpha value is -2.43. The van der Waals surface area contributed by atoms with Crippen LogP contribution in [0, 0.1) is 0 Å². The van der Waals surface area contributed by atoms with Gasteiger partial charge in [0.25, 0.3) is 0 Å². The minimum Gasteiger partial charge on any atom is -0.477 e. The molecular formula is C13H13N3O2. The lowest BCUT2D eigenvalue weighted by atomic mass is 10.2. The van der Waals surface area contributed by atoms with E-state index in [-0.39, 0.29) is 5.69 Å². The van der Waals surface area contributed by atoms with Crippen LogP contribution in [-0.2, 0) is 6.54 Å². The molecule has 2 heterocycles. The summed E-state index contributed by atoms with van der Waals surface area (Å²) in [5.74, 6) is -0.388. The molecule has 2 aromatic heterocycles. The van der Waals surface area contributed by atoms with Gasteiger partial charge in [0.2, 0.25) is 0 Å². The van der Waals surface area contributed by atoms with Gasteiger partial charge in [-0.1, -0.05) is 6.07 Å². The first-order valence-corrected chi connectivity index (χ1v) is 5.47. The first-order valence-electron chi connectivity index (χ1n) is 5.47. The van der Waals surface area contributed by atoms with Crippen LogP contribution in [0.1, 0.15) is 16.1 Å². The average Bonchev–Trinajstić information content (AvgIpc) is 2.40. The van der Waals surface area contributed by atoms with Crippen LogP contribution in [0.2, 0.25) is 0 Å². The number of hydrogen-bond donors (Lipinski definition) is 1. The van der Waals surface area contributed by atoms with Crippen LogP contribution in [-0.4, -0.2) is 28.1 Å². The highest BCUT2D eigenvalue weighted by atomic mass is 16.4. The molecule has 0 saturated carbocycles. The van der Waals surface area contributed by atoms with Gasteiger partial charge in [-0.2, -0.15) is 0 Å². The zero-order chi connectivity index (χ0) is 13.0. The zero-order valence-corrected chi connectivity index (χ0v) is 9.95. The molecule has 5 heteroatoms. The Bertz CT molecular complexity index is 543. The molecule has 92 valence electrons. The Labute approximate surface area is 105 Å². The second-order valence-corrected chi connectivity index (χ2v) is 3.90. The van der Waals surface area contributed by atoms with Crippen molar-refractivity contribution in [2.75, 3.05) is 11.9 Å². The first kappa shape index (κ1) is 12.0. The Balaban J connectivity index is 2.16. The van der Waals surface area contributed by atoms with Gasteiger partial charge in [-0.05, 0) is 29.8 Å². The molecule has 0 saturated heterocycles. The molecule has 2 aromatic rings. The van der Waals surface area contributed by atoms with Crippen molar-refractivity contribution in [2.45, 2.75) is 6.54 Å².